The fourth-order valence-electron chi connectivity index (χ4n) is 2.93. The van der Waals surface area contributed by atoms with E-state index < -0.39 is 39.5 Å². The highest BCUT2D eigenvalue weighted by Gasteiger charge is 2.26. The predicted molar refractivity (Wildman–Crippen MR) is 113 cm³/mol. The van der Waals surface area contributed by atoms with E-state index in [9.17, 15) is 22.8 Å². The van der Waals surface area contributed by atoms with Gasteiger partial charge in [0.15, 0.2) is 0 Å². The molecule has 0 unspecified atom stereocenters. The molecule has 12 heteroatoms. The first-order chi connectivity index (χ1) is 14.1. The standard InChI is InChI=1S/C18H23ClN2O7S2/c19-13-6-5-12(30(27,28)21-7-3-1-2-4-8-21)9-14(13)20-16(22)11-29-15(18(25)26)10-17(23)24/h5-6,9,15H,1-4,7-8,10-11H2,(H,20,22)(H,23,24)(H,25,26)/t15-/m1/s1. The number of nitrogens with zero attached hydrogens (tertiary/aromatic N) is 1. The summed E-state index contributed by atoms with van der Waals surface area (Å²) in [6, 6.07) is 4.02. The molecular formula is C18H23ClN2O7S2. The van der Waals surface area contributed by atoms with Crippen molar-refractivity contribution in [1.82, 2.24) is 4.31 Å². The monoisotopic (exact) mass is 478 g/mol. The van der Waals surface area contributed by atoms with Gasteiger partial charge in [0, 0.05) is 13.1 Å². The smallest absolute Gasteiger partial charge is 0.317 e. The summed E-state index contributed by atoms with van der Waals surface area (Å²) in [6.07, 6.45) is 2.90. The highest BCUT2D eigenvalue weighted by atomic mass is 35.5. The average Bonchev–Trinajstić information content (AvgIpc) is 2.96. The normalized spacial score (nSPS) is 16.4. The van der Waals surface area contributed by atoms with Gasteiger partial charge in [-0.2, -0.15) is 4.31 Å². The van der Waals surface area contributed by atoms with Crippen LogP contribution in [0.2, 0.25) is 5.02 Å². The molecule has 0 spiro atoms. The zero-order valence-corrected chi connectivity index (χ0v) is 18.4. The first kappa shape index (κ1) is 24.4. The number of carboxylic acids is 2. The Kier molecular flexibility index (Phi) is 8.95. The Bertz CT molecular complexity index is 900. The zero-order chi connectivity index (χ0) is 22.3. The molecule has 1 heterocycles. The summed E-state index contributed by atoms with van der Waals surface area (Å²) >= 11 is 6.75. The van der Waals surface area contributed by atoms with Gasteiger partial charge in [-0.3, -0.25) is 14.4 Å². The summed E-state index contributed by atoms with van der Waals surface area (Å²) in [5, 5.41) is 19.1. The molecule has 9 nitrogen and oxygen atoms in total. The van der Waals surface area contributed by atoms with Crippen LogP contribution in [0.1, 0.15) is 32.1 Å². The fraction of sp³-hybridized carbons (Fsp3) is 0.500. The van der Waals surface area contributed by atoms with Crippen LogP contribution in [-0.2, 0) is 24.4 Å². The van der Waals surface area contributed by atoms with E-state index in [0.29, 0.717) is 24.9 Å². The highest BCUT2D eigenvalue weighted by Crippen LogP contribution is 2.28. The molecule has 1 fully saturated rings. The molecule has 0 bridgehead atoms. The van der Waals surface area contributed by atoms with Crippen molar-refractivity contribution in [1.29, 1.82) is 0 Å². The molecular weight excluding hydrogens is 456 g/mol. The lowest BCUT2D eigenvalue weighted by atomic mass is 10.2. The van der Waals surface area contributed by atoms with Gasteiger partial charge in [-0.15, -0.1) is 11.8 Å². The first-order valence-electron chi connectivity index (χ1n) is 9.27. The van der Waals surface area contributed by atoms with Crippen LogP contribution in [0.5, 0.6) is 0 Å². The molecule has 166 valence electrons. The molecule has 0 radical (unpaired) electrons. The third-order valence-electron chi connectivity index (χ3n) is 4.47. The predicted octanol–water partition coefficient (Wildman–Crippen LogP) is 2.50. The average molecular weight is 479 g/mol. The van der Waals surface area contributed by atoms with E-state index in [4.69, 9.17) is 21.8 Å². The van der Waals surface area contributed by atoms with Crippen molar-refractivity contribution in [2.75, 3.05) is 24.2 Å². The third kappa shape index (κ3) is 6.86. The molecule has 1 saturated heterocycles. The lowest BCUT2D eigenvalue weighted by molar-refractivity contribution is -0.142. The maximum atomic E-state index is 12.9. The minimum absolute atomic E-state index is 0.00560. The minimum Gasteiger partial charge on any atom is -0.481 e. The Morgan fingerprint density at radius 1 is 1.13 bits per heavy atom. The lowest BCUT2D eigenvalue weighted by Gasteiger charge is -2.20. The Balaban J connectivity index is 2.10. The van der Waals surface area contributed by atoms with Crippen LogP contribution >= 0.6 is 23.4 Å². The number of carbonyl (C=O) groups excluding carboxylic acids is 1. The summed E-state index contributed by atoms with van der Waals surface area (Å²) in [7, 11) is -3.74. The molecule has 1 aliphatic heterocycles. The Labute approximate surface area is 183 Å². The molecule has 1 atom stereocenters. The van der Waals surface area contributed by atoms with Crippen molar-refractivity contribution < 1.29 is 33.0 Å². The number of nitrogens with one attached hydrogen (secondary N) is 1. The van der Waals surface area contributed by atoms with Gasteiger partial charge in [0.2, 0.25) is 15.9 Å². The number of halogens is 1. The van der Waals surface area contributed by atoms with E-state index in [1.54, 1.807) is 0 Å². The molecule has 1 aliphatic rings. The van der Waals surface area contributed by atoms with Crippen LogP contribution in [0, 0.1) is 0 Å². The van der Waals surface area contributed by atoms with Gasteiger partial charge in [0.25, 0.3) is 0 Å². The van der Waals surface area contributed by atoms with Crippen LogP contribution in [0.3, 0.4) is 0 Å². The molecule has 2 rings (SSSR count). The number of rotatable bonds is 9. The number of anilines is 1. The van der Waals surface area contributed by atoms with Gasteiger partial charge < -0.3 is 15.5 Å². The van der Waals surface area contributed by atoms with Gasteiger partial charge in [-0.25, -0.2) is 8.42 Å². The number of carboxylic acid groups (broad SMARTS) is 2. The molecule has 1 aromatic rings. The Morgan fingerprint density at radius 2 is 1.77 bits per heavy atom. The van der Waals surface area contributed by atoms with Crippen molar-refractivity contribution in [2.24, 2.45) is 0 Å². The van der Waals surface area contributed by atoms with E-state index in [0.717, 1.165) is 25.7 Å². The topological polar surface area (TPSA) is 141 Å². The number of sulfonamides is 1. The molecule has 0 saturated carbocycles. The summed E-state index contributed by atoms with van der Waals surface area (Å²) in [6.45, 7) is 0.868. The van der Waals surface area contributed by atoms with Crippen LogP contribution in [0.4, 0.5) is 5.69 Å². The van der Waals surface area contributed by atoms with E-state index in [2.05, 4.69) is 5.32 Å². The van der Waals surface area contributed by atoms with E-state index in [1.165, 1.54) is 22.5 Å². The van der Waals surface area contributed by atoms with Crippen LogP contribution in [0.25, 0.3) is 0 Å². The summed E-state index contributed by atoms with van der Waals surface area (Å²) in [5.74, 6) is -3.57. The summed E-state index contributed by atoms with van der Waals surface area (Å²) in [4.78, 5) is 34.0. The van der Waals surface area contributed by atoms with Crippen molar-refractivity contribution in [3.63, 3.8) is 0 Å². The number of benzene rings is 1. The Morgan fingerprint density at radius 3 is 2.33 bits per heavy atom. The van der Waals surface area contributed by atoms with E-state index in [-0.39, 0.29) is 21.4 Å². The number of hydrogen-bond acceptors (Lipinski definition) is 6. The maximum absolute atomic E-state index is 12.9. The summed E-state index contributed by atoms with van der Waals surface area (Å²) in [5.41, 5.74) is 0.0864. The number of aliphatic carboxylic acids is 2. The summed E-state index contributed by atoms with van der Waals surface area (Å²) < 4.78 is 27.3. The molecule has 0 aliphatic carbocycles. The number of hydrogen-bond donors (Lipinski definition) is 3. The third-order valence-corrected chi connectivity index (χ3v) is 7.89. The van der Waals surface area contributed by atoms with Crippen LogP contribution in [0.15, 0.2) is 23.1 Å². The van der Waals surface area contributed by atoms with E-state index in [1.807, 2.05) is 0 Å². The van der Waals surface area contributed by atoms with Gasteiger partial charge in [-0.1, -0.05) is 24.4 Å². The van der Waals surface area contributed by atoms with Crippen molar-refractivity contribution in [3.8, 4) is 0 Å². The number of thioether (sulfide) groups is 1. The SMILES string of the molecule is O=C(O)C[C@@H](SCC(=O)Nc1cc(S(=O)(=O)N2CCCCCC2)ccc1Cl)C(=O)O. The molecule has 1 aromatic carbocycles. The molecule has 0 aromatic heterocycles. The second-order valence-corrected chi connectivity index (χ2v) is 10.3. The van der Waals surface area contributed by atoms with E-state index >= 15 is 0 Å². The van der Waals surface area contributed by atoms with Crippen molar-refractivity contribution in [3.05, 3.63) is 23.2 Å². The fourth-order valence-corrected chi connectivity index (χ4v) is 5.47. The number of carbonyl (C=O) groups is 3. The van der Waals surface area contributed by atoms with Crippen molar-refractivity contribution >= 4 is 56.9 Å². The first-order valence-corrected chi connectivity index (χ1v) is 12.1. The largest absolute Gasteiger partial charge is 0.481 e. The van der Waals surface area contributed by atoms with Crippen LogP contribution < -0.4 is 5.32 Å². The quantitative estimate of drug-likeness (QED) is 0.491. The second-order valence-electron chi connectivity index (χ2n) is 6.74. The van der Waals surface area contributed by atoms with Gasteiger partial charge in [0.05, 0.1) is 27.8 Å². The van der Waals surface area contributed by atoms with Gasteiger partial charge >= 0.3 is 11.9 Å². The maximum Gasteiger partial charge on any atom is 0.317 e. The van der Waals surface area contributed by atoms with Gasteiger partial charge in [-0.05, 0) is 31.0 Å². The Hall–Kier alpha value is -1.82. The lowest BCUT2D eigenvalue weighted by Crippen LogP contribution is -2.32. The van der Waals surface area contributed by atoms with Crippen molar-refractivity contribution in [2.45, 2.75) is 42.2 Å². The molecule has 3 N–H and O–H groups in total. The zero-order valence-electron chi connectivity index (χ0n) is 16.0. The number of amides is 1. The molecule has 1 amide bonds. The molecule has 30 heavy (non-hydrogen) atoms. The van der Waals surface area contributed by atoms with Gasteiger partial charge in [0.1, 0.15) is 5.25 Å². The second kappa shape index (κ2) is 11.0. The highest BCUT2D eigenvalue weighted by molar-refractivity contribution is 8.01. The minimum atomic E-state index is -3.74. The van der Waals surface area contributed by atoms with Crippen LogP contribution in [-0.4, -0.2) is 64.9 Å².